The van der Waals surface area contributed by atoms with Crippen molar-refractivity contribution >= 4 is 23.5 Å². The number of alkyl halides is 1. The third-order valence-electron chi connectivity index (χ3n) is 2.77. The van der Waals surface area contributed by atoms with Crippen LogP contribution in [-0.4, -0.2) is 25.5 Å². The summed E-state index contributed by atoms with van der Waals surface area (Å²) < 4.78 is 10.8. The molecule has 3 nitrogen and oxygen atoms in total. The Morgan fingerprint density at radius 3 is 3.19 bits per heavy atom. The van der Waals surface area contributed by atoms with Crippen LogP contribution in [0.2, 0.25) is 0 Å². The van der Waals surface area contributed by atoms with Gasteiger partial charge in [-0.05, 0) is 19.1 Å². The minimum atomic E-state index is -0.559. The molecule has 0 aromatic heterocycles. The lowest BCUT2D eigenvalue weighted by molar-refractivity contribution is 0.261. The van der Waals surface area contributed by atoms with Gasteiger partial charge in [0.25, 0.3) is 0 Å². The van der Waals surface area contributed by atoms with Crippen molar-refractivity contribution in [3.05, 3.63) is 23.8 Å². The maximum atomic E-state index is 6.37. The van der Waals surface area contributed by atoms with Gasteiger partial charge >= 0.3 is 0 Å². The zero-order valence-corrected chi connectivity index (χ0v) is 9.70. The van der Waals surface area contributed by atoms with Crippen molar-refractivity contribution in [3.63, 3.8) is 0 Å². The van der Waals surface area contributed by atoms with Crippen LogP contribution < -0.4 is 4.74 Å². The first-order chi connectivity index (χ1) is 7.67. The smallest absolute Gasteiger partial charge is 0.126 e. The van der Waals surface area contributed by atoms with Crippen LogP contribution in [0.25, 0.3) is 0 Å². The molecule has 2 unspecified atom stereocenters. The minimum absolute atomic E-state index is 0.250. The van der Waals surface area contributed by atoms with Gasteiger partial charge in [0.15, 0.2) is 0 Å². The average molecular weight is 238 g/mol. The molecule has 1 fully saturated rings. The fraction of sp³-hybridized carbons (Fsp3) is 0.417. The Kier molecular flexibility index (Phi) is 2.19. The van der Waals surface area contributed by atoms with Gasteiger partial charge < -0.3 is 9.47 Å². The second kappa shape index (κ2) is 3.47. The summed E-state index contributed by atoms with van der Waals surface area (Å²) in [6.07, 6.45) is 2.00. The number of aliphatic imine (C=N–C) groups is 1. The van der Waals surface area contributed by atoms with Crippen LogP contribution in [0.5, 0.6) is 5.75 Å². The number of benzene rings is 1. The highest BCUT2D eigenvalue weighted by Crippen LogP contribution is 2.45. The maximum Gasteiger partial charge on any atom is 0.126 e. The quantitative estimate of drug-likeness (QED) is 0.598. The van der Waals surface area contributed by atoms with E-state index in [1.54, 1.807) is 6.21 Å². The summed E-state index contributed by atoms with van der Waals surface area (Å²) in [7, 11) is 0. The molecule has 3 rings (SSSR count). The van der Waals surface area contributed by atoms with E-state index in [9.17, 15) is 0 Å². The summed E-state index contributed by atoms with van der Waals surface area (Å²) in [6.45, 7) is 3.30. The molecule has 0 saturated carbocycles. The van der Waals surface area contributed by atoms with E-state index >= 15 is 0 Å². The van der Waals surface area contributed by atoms with Crippen LogP contribution in [0.15, 0.2) is 23.2 Å². The minimum Gasteiger partial charge on any atom is -0.490 e. The Hall–Kier alpha value is -1.06. The largest absolute Gasteiger partial charge is 0.490 e. The number of nitrogens with zero attached hydrogens (tertiary/aromatic N) is 1. The van der Waals surface area contributed by atoms with Gasteiger partial charge in [-0.1, -0.05) is 6.07 Å². The Labute approximate surface area is 99.0 Å². The first-order valence-corrected chi connectivity index (χ1v) is 5.67. The average Bonchev–Trinajstić information content (AvgIpc) is 3.02. The third kappa shape index (κ3) is 1.70. The Morgan fingerprint density at radius 2 is 2.44 bits per heavy atom. The summed E-state index contributed by atoms with van der Waals surface area (Å²) >= 11 is 6.37. The molecule has 16 heavy (non-hydrogen) atoms. The van der Waals surface area contributed by atoms with E-state index in [1.807, 2.05) is 25.1 Å². The van der Waals surface area contributed by atoms with Crippen LogP contribution in [0.3, 0.4) is 0 Å². The number of ether oxygens (including phenoxy) is 2. The molecule has 0 radical (unpaired) electrons. The third-order valence-corrected chi connectivity index (χ3v) is 3.05. The number of hydrogen-bond acceptors (Lipinski definition) is 3. The number of hydrogen-bond donors (Lipinski definition) is 0. The molecule has 0 bridgehead atoms. The number of halogens is 1. The standard InChI is InChI=1S/C12H12ClNO2/c1-12(13)7-14-9-3-2-4-10(11(9)12)16-6-8-5-15-8/h2-4,7-8H,5-6H2,1H3. The van der Waals surface area contributed by atoms with Gasteiger partial charge in [0.1, 0.15) is 23.3 Å². The molecule has 2 aliphatic heterocycles. The number of epoxide rings is 1. The molecular weight excluding hydrogens is 226 g/mol. The molecule has 1 saturated heterocycles. The normalized spacial score (nSPS) is 30.2. The lowest BCUT2D eigenvalue weighted by Gasteiger charge is -2.17. The van der Waals surface area contributed by atoms with Gasteiger partial charge in [0.2, 0.25) is 0 Å². The van der Waals surface area contributed by atoms with Crippen LogP contribution in [-0.2, 0) is 9.61 Å². The fourth-order valence-corrected chi connectivity index (χ4v) is 2.08. The SMILES string of the molecule is CC1(Cl)C=Nc2cccc(OCC3CO3)c21. The van der Waals surface area contributed by atoms with Gasteiger partial charge in [-0.15, -0.1) is 11.6 Å². The predicted octanol–water partition coefficient (Wildman–Crippen LogP) is 2.63. The number of fused-ring (bicyclic) bond motifs is 1. The lowest BCUT2D eigenvalue weighted by Crippen LogP contribution is -2.14. The van der Waals surface area contributed by atoms with E-state index in [2.05, 4.69) is 4.99 Å². The van der Waals surface area contributed by atoms with E-state index in [1.165, 1.54) is 0 Å². The maximum absolute atomic E-state index is 6.37. The van der Waals surface area contributed by atoms with Crippen molar-refractivity contribution in [1.29, 1.82) is 0 Å². The summed E-state index contributed by atoms with van der Waals surface area (Å²) in [6, 6.07) is 5.80. The second-order valence-corrected chi connectivity index (χ2v) is 5.04. The molecule has 0 amide bonds. The molecule has 2 atom stereocenters. The summed E-state index contributed by atoms with van der Waals surface area (Å²) in [5.74, 6) is 0.808. The van der Waals surface area contributed by atoms with Gasteiger partial charge in [-0.3, -0.25) is 4.99 Å². The summed E-state index contributed by atoms with van der Waals surface area (Å²) in [5, 5.41) is 0. The molecule has 4 heteroatoms. The second-order valence-electron chi connectivity index (χ2n) is 4.25. The van der Waals surface area contributed by atoms with E-state index < -0.39 is 4.87 Å². The Bertz CT molecular complexity index is 452. The molecule has 0 spiro atoms. The van der Waals surface area contributed by atoms with Crippen LogP contribution in [0, 0.1) is 0 Å². The van der Waals surface area contributed by atoms with E-state index in [-0.39, 0.29) is 6.10 Å². The topological polar surface area (TPSA) is 34.1 Å². The van der Waals surface area contributed by atoms with Gasteiger partial charge in [0, 0.05) is 11.8 Å². The van der Waals surface area contributed by atoms with Gasteiger partial charge in [0.05, 0.1) is 12.3 Å². The molecule has 0 N–H and O–H groups in total. The highest BCUT2D eigenvalue weighted by molar-refractivity contribution is 6.33. The molecular formula is C12H12ClNO2. The highest BCUT2D eigenvalue weighted by Gasteiger charge is 2.33. The highest BCUT2D eigenvalue weighted by atomic mass is 35.5. The number of rotatable bonds is 3. The molecule has 1 aromatic rings. The Morgan fingerprint density at radius 1 is 1.62 bits per heavy atom. The monoisotopic (exact) mass is 237 g/mol. The van der Waals surface area contributed by atoms with Crippen LogP contribution in [0.1, 0.15) is 12.5 Å². The fourth-order valence-electron chi connectivity index (χ4n) is 1.84. The first-order valence-electron chi connectivity index (χ1n) is 5.29. The lowest BCUT2D eigenvalue weighted by atomic mass is 10.0. The first kappa shape index (κ1) is 10.1. The zero-order chi connectivity index (χ0) is 11.2. The van der Waals surface area contributed by atoms with E-state index in [0.717, 1.165) is 23.6 Å². The van der Waals surface area contributed by atoms with E-state index in [4.69, 9.17) is 21.1 Å². The molecule has 2 aliphatic rings. The van der Waals surface area contributed by atoms with Crippen molar-refractivity contribution in [2.45, 2.75) is 17.9 Å². The zero-order valence-electron chi connectivity index (χ0n) is 8.94. The van der Waals surface area contributed by atoms with Crippen LogP contribution in [0.4, 0.5) is 5.69 Å². The van der Waals surface area contributed by atoms with Crippen molar-refractivity contribution in [2.75, 3.05) is 13.2 Å². The predicted molar refractivity (Wildman–Crippen MR) is 63.0 cm³/mol. The van der Waals surface area contributed by atoms with Crippen LogP contribution >= 0.6 is 11.6 Å². The summed E-state index contributed by atoms with van der Waals surface area (Å²) in [4.78, 5) is 3.73. The van der Waals surface area contributed by atoms with Crippen molar-refractivity contribution in [2.24, 2.45) is 4.99 Å². The molecule has 0 aliphatic carbocycles. The van der Waals surface area contributed by atoms with Crippen molar-refractivity contribution in [1.82, 2.24) is 0 Å². The van der Waals surface area contributed by atoms with Crippen molar-refractivity contribution < 1.29 is 9.47 Å². The Balaban J connectivity index is 1.91. The van der Waals surface area contributed by atoms with Crippen molar-refractivity contribution in [3.8, 4) is 5.75 Å². The molecule has 1 aromatic carbocycles. The van der Waals surface area contributed by atoms with Gasteiger partial charge in [-0.2, -0.15) is 0 Å². The van der Waals surface area contributed by atoms with Gasteiger partial charge in [-0.25, -0.2) is 0 Å². The summed E-state index contributed by atoms with van der Waals surface area (Å²) in [5.41, 5.74) is 1.85. The molecule has 84 valence electrons. The molecule has 2 heterocycles. The van der Waals surface area contributed by atoms with E-state index in [0.29, 0.717) is 6.61 Å².